The summed E-state index contributed by atoms with van der Waals surface area (Å²) in [6, 6.07) is 8.16. The number of carbonyl (C=O) groups excluding carboxylic acids is 1. The largest absolute Gasteiger partial charge is 0.476 e. The Bertz CT molecular complexity index is 1370. The van der Waals surface area contributed by atoms with Gasteiger partial charge in [0.15, 0.2) is 5.65 Å². The van der Waals surface area contributed by atoms with E-state index in [2.05, 4.69) is 47.5 Å². The second-order valence-corrected chi connectivity index (χ2v) is 11.1. The highest BCUT2D eigenvalue weighted by atomic mass is 16.5. The fourth-order valence-electron chi connectivity index (χ4n) is 5.91. The summed E-state index contributed by atoms with van der Waals surface area (Å²) in [4.78, 5) is 28.7. The van der Waals surface area contributed by atoms with Crippen LogP contribution in [-0.4, -0.2) is 56.3 Å². The summed E-state index contributed by atoms with van der Waals surface area (Å²) in [7, 11) is 0. The highest BCUT2D eigenvalue weighted by Crippen LogP contribution is 2.57. The second kappa shape index (κ2) is 7.88. The Labute approximate surface area is 208 Å². The number of aromatic amines is 1. The van der Waals surface area contributed by atoms with Crippen LogP contribution < -0.4 is 15.0 Å². The van der Waals surface area contributed by atoms with Crippen molar-refractivity contribution in [1.29, 1.82) is 5.26 Å². The van der Waals surface area contributed by atoms with E-state index in [-0.39, 0.29) is 23.9 Å². The van der Waals surface area contributed by atoms with E-state index in [9.17, 15) is 10.1 Å². The zero-order valence-electron chi connectivity index (χ0n) is 20.0. The highest BCUT2D eigenvalue weighted by molar-refractivity contribution is 5.92. The predicted molar refractivity (Wildman–Crippen MR) is 130 cm³/mol. The maximum absolute atomic E-state index is 13.1. The first-order valence-electron chi connectivity index (χ1n) is 12.8. The first-order chi connectivity index (χ1) is 17.5. The molecule has 4 aliphatic carbocycles. The van der Waals surface area contributed by atoms with Crippen molar-refractivity contribution in [3.8, 4) is 11.9 Å². The standard InChI is InChI=1S/C26H28N8O2/c27-14-25(5-6-25)15-36-20-10-19(29-23(30-20)24(35)31-26-11-16(12-26)13-26)34-8-3-17(4-9-34)21-18-2-1-7-28-22(18)33-32-21/h1-2,7,10,16-17H,3-6,8-9,11-13,15H2,(H,31,35)(H,28,32,33). The van der Waals surface area contributed by atoms with E-state index < -0.39 is 5.41 Å². The summed E-state index contributed by atoms with van der Waals surface area (Å²) in [6.07, 6.45) is 8.44. The van der Waals surface area contributed by atoms with Crippen molar-refractivity contribution in [1.82, 2.24) is 30.5 Å². The van der Waals surface area contributed by atoms with Gasteiger partial charge in [-0.2, -0.15) is 15.3 Å². The zero-order chi connectivity index (χ0) is 24.3. The minimum Gasteiger partial charge on any atom is -0.476 e. The number of nitriles is 1. The van der Waals surface area contributed by atoms with E-state index in [1.54, 1.807) is 12.3 Å². The fraction of sp³-hybridized carbons (Fsp3) is 0.538. The number of carbonyl (C=O) groups is 1. The van der Waals surface area contributed by atoms with E-state index >= 15 is 0 Å². The lowest BCUT2D eigenvalue weighted by atomic mass is 9.50. The topological polar surface area (TPSA) is 133 Å². The number of rotatable bonds is 7. The van der Waals surface area contributed by atoms with Gasteiger partial charge in [-0.25, -0.2) is 9.97 Å². The van der Waals surface area contributed by atoms with E-state index in [1.165, 1.54) is 0 Å². The van der Waals surface area contributed by atoms with Crippen LogP contribution in [0.2, 0.25) is 0 Å². The molecular formula is C26H28N8O2. The van der Waals surface area contributed by atoms with Crippen LogP contribution in [0.1, 0.15) is 67.2 Å². The first kappa shape index (κ1) is 21.5. The highest BCUT2D eigenvalue weighted by Gasteiger charge is 2.57. The molecule has 1 amide bonds. The first-order valence-corrected chi connectivity index (χ1v) is 12.8. The predicted octanol–water partition coefficient (Wildman–Crippen LogP) is 3.10. The van der Waals surface area contributed by atoms with Crippen LogP contribution in [0.25, 0.3) is 11.0 Å². The van der Waals surface area contributed by atoms with E-state index in [1.807, 2.05) is 6.07 Å². The molecule has 2 N–H and O–H groups in total. The second-order valence-electron chi connectivity index (χ2n) is 11.1. The van der Waals surface area contributed by atoms with Crippen molar-refractivity contribution < 1.29 is 9.53 Å². The third kappa shape index (κ3) is 3.65. The van der Waals surface area contributed by atoms with Gasteiger partial charge in [0.1, 0.15) is 12.4 Å². The van der Waals surface area contributed by atoms with Gasteiger partial charge in [0.05, 0.1) is 11.5 Å². The Kier molecular flexibility index (Phi) is 4.72. The molecule has 0 spiro atoms. The number of piperidine rings is 1. The molecule has 0 radical (unpaired) electrons. The maximum atomic E-state index is 13.1. The molecule has 0 unspecified atom stereocenters. The van der Waals surface area contributed by atoms with Crippen molar-refractivity contribution >= 4 is 22.8 Å². The molecule has 36 heavy (non-hydrogen) atoms. The third-order valence-electron chi connectivity index (χ3n) is 8.48. The summed E-state index contributed by atoms with van der Waals surface area (Å²) in [6.45, 7) is 1.86. The SMILES string of the molecule is N#CC1(COc2cc(N3CCC(c4[nH]nc5ncccc45)CC3)nc(C(=O)NC34CC(C3)C4)n2)CC1. The smallest absolute Gasteiger partial charge is 0.289 e. The lowest BCUT2D eigenvalue weighted by Gasteiger charge is -2.61. The number of nitrogens with zero attached hydrogens (tertiary/aromatic N) is 6. The summed E-state index contributed by atoms with van der Waals surface area (Å²) in [5.74, 6) is 2.07. The molecule has 4 saturated carbocycles. The molecular weight excluding hydrogens is 456 g/mol. The third-order valence-corrected chi connectivity index (χ3v) is 8.48. The Hall–Kier alpha value is -3.74. The van der Waals surface area contributed by atoms with Gasteiger partial charge in [-0.1, -0.05) is 0 Å². The lowest BCUT2D eigenvalue weighted by Crippen LogP contribution is -2.68. The number of hydrogen-bond donors (Lipinski definition) is 2. The molecule has 0 atom stereocenters. The molecule has 2 bridgehead atoms. The van der Waals surface area contributed by atoms with Crippen molar-refractivity contribution in [3.05, 3.63) is 35.9 Å². The van der Waals surface area contributed by atoms with Gasteiger partial charge >= 0.3 is 0 Å². The van der Waals surface area contributed by atoms with E-state index in [0.29, 0.717) is 17.6 Å². The molecule has 8 rings (SSSR count). The minimum absolute atomic E-state index is 0.0545. The number of H-pyrrole nitrogens is 1. The number of ether oxygens (including phenoxy) is 1. The maximum Gasteiger partial charge on any atom is 0.289 e. The molecule has 10 heteroatoms. The Morgan fingerprint density at radius 1 is 1.25 bits per heavy atom. The van der Waals surface area contributed by atoms with Crippen LogP contribution in [-0.2, 0) is 0 Å². The van der Waals surface area contributed by atoms with Crippen LogP contribution in [0, 0.1) is 22.7 Å². The van der Waals surface area contributed by atoms with Gasteiger partial charge in [0, 0.05) is 47.9 Å². The number of amides is 1. The van der Waals surface area contributed by atoms with Gasteiger partial charge in [-0.15, -0.1) is 0 Å². The molecule has 184 valence electrons. The fourth-order valence-corrected chi connectivity index (χ4v) is 5.91. The van der Waals surface area contributed by atoms with Crippen molar-refractivity contribution in [3.63, 3.8) is 0 Å². The molecule has 1 aliphatic heterocycles. The molecule has 10 nitrogen and oxygen atoms in total. The minimum atomic E-state index is -0.417. The average Bonchev–Trinajstić information content (AvgIpc) is 3.53. The summed E-state index contributed by atoms with van der Waals surface area (Å²) >= 11 is 0. The van der Waals surface area contributed by atoms with Crippen molar-refractivity contribution in [2.75, 3.05) is 24.6 Å². The Morgan fingerprint density at radius 3 is 2.75 bits per heavy atom. The molecule has 3 aromatic rings. The van der Waals surface area contributed by atoms with Gasteiger partial charge < -0.3 is 15.0 Å². The molecule has 3 aromatic heterocycles. The van der Waals surface area contributed by atoms with Crippen LogP contribution in [0.15, 0.2) is 24.4 Å². The summed E-state index contributed by atoms with van der Waals surface area (Å²) in [5, 5.41) is 21.2. The number of pyridine rings is 1. The quantitative estimate of drug-likeness (QED) is 0.523. The van der Waals surface area contributed by atoms with Gasteiger partial charge in [0.25, 0.3) is 5.91 Å². The Morgan fingerprint density at radius 2 is 2.06 bits per heavy atom. The molecule has 5 aliphatic rings. The average molecular weight is 485 g/mol. The number of nitrogens with one attached hydrogen (secondary N) is 2. The monoisotopic (exact) mass is 484 g/mol. The van der Waals surface area contributed by atoms with Gasteiger partial charge in [0.2, 0.25) is 11.7 Å². The Balaban J connectivity index is 1.10. The molecule has 4 heterocycles. The number of aromatic nitrogens is 5. The van der Waals surface area contributed by atoms with Gasteiger partial charge in [-0.3, -0.25) is 9.89 Å². The van der Waals surface area contributed by atoms with Crippen LogP contribution in [0.4, 0.5) is 5.82 Å². The van der Waals surface area contributed by atoms with Crippen molar-refractivity contribution in [2.24, 2.45) is 11.3 Å². The number of fused-ring (bicyclic) bond motifs is 1. The van der Waals surface area contributed by atoms with E-state index in [0.717, 1.165) is 80.7 Å². The number of anilines is 1. The van der Waals surface area contributed by atoms with Gasteiger partial charge in [-0.05, 0) is 63.0 Å². The number of hydrogen-bond acceptors (Lipinski definition) is 8. The van der Waals surface area contributed by atoms with Crippen LogP contribution >= 0.6 is 0 Å². The van der Waals surface area contributed by atoms with E-state index in [4.69, 9.17) is 4.74 Å². The zero-order valence-corrected chi connectivity index (χ0v) is 20.0. The molecule has 1 saturated heterocycles. The molecule has 5 fully saturated rings. The summed E-state index contributed by atoms with van der Waals surface area (Å²) in [5.41, 5.74) is 1.41. The lowest BCUT2D eigenvalue weighted by molar-refractivity contribution is -0.0441. The molecule has 0 aromatic carbocycles. The van der Waals surface area contributed by atoms with Crippen LogP contribution in [0.3, 0.4) is 0 Å². The normalized spacial score (nSPS) is 26.0. The van der Waals surface area contributed by atoms with Crippen LogP contribution in [0.5, 0.6) is 5.88 Å². The van der Waals surface area contributed by atoms with Crippen molar-refractivity contribution in [2.45, 2.75) is 56.4 Å². The summed E-state index contributed by atoms with van der Waals surface area (Å²) < 4.78 is 5.95.